The van der Waals surface area contributed by atoms with E-state index in [-0.39, 0.29) is 18.7 Å². The summed E-state index contributed by atoms with van der Waals surface area (Å²) in [5, 5.41) is 3.04. The fraction of sp³-hybridized carbons (Fsp3) is 0.419. The predicted molar refractivity (Wildman–Crippen MR) is 149 cm³/mol. The molecular formula is C31H37NO8. The Bertz CT molecular complexity index is 1240. The van der Waals surface area contributed by atoms with Crippen molar-refractivity contribution in [2.75, 3.05) is 21.0 Å². The maximum absolute atomic E-state index is 13.5. The van der Waals surface area contributed by atoms with Crippen LogP contribution in [0.25, 0.3) is 6.08 Å². The lowest BCUT2D eigenvalue weighted by Gasteiger charge is -2.25. The first-order valence-electron chi connectivity index (χ1n) is 13.3. The summed E-state index contributed by atoms with van der Waals surface area (Å²) in [6.07, 6.45) is 6.68. The van der Waals surface area contributed by atoms with Crippen LogP contribution in [0.4, 0.5) is 0 Å². The summed E-state index contributed by atoms with van der Waals surface area (Å²) in [6.45, 7) is 5.54. The number of hydrogen-bond acceptors (Lipinski definition) is 8. The van der Waals surface area contributed by atoms with E-state index >= 15 is 0 Å². The van der Waals surface area contributed by atoms with Crippen LogP contribution in [0.1, 0.15) is 59.9 Å². The van der Waals surface area contributed by atoms with Crippen LogP contribution >= 0.6 is 0 Å². The van der Waals surface area contributed by atoms with E-state index in [1.165, 1.54) is 7.11 Å². The molecule has 2 aromatic carbocycles. The molecule has 2 heterocycles. The Morgan fingerprint density at radius 3 is 2.58 bits per heavy atom. The average Bonchev–Trinajstić information content (AvgIpc) is 3.24. The minimum atomic E-state index is -0.879. The number of ether oxygens (including phenoxy) is 6. The van der Waals surface area contributed by atoms with Crippen LogP contribution in [0, 0.1) is 0 Å². The largest absolute Gasteiger partial charge is 0.497 e. The summed E-state index contributed by atoms with van der Waals surface area (Å²) in [5.41, 5.74) is 1.43. The van der Waals surface area contributed by atoms with Gasteiger partial charge in [0.1, 0.15) is 23.7 Å². The number of fused-ring (bicyclic) bond motifs is 2. The van der Waals surface area contributed by atoms with E-state index in [0.717, 1.165) is 0 Å². The highest BCUT2D eigenvalue weighted by atomic mass is 16.8. The fourth-order valence-corrected chi connectivity index (χ4v) is 4.75. The predicted octanol–water partition coefficient (Wildman–Crippen LogP) is 4.91. The topological polar surface area (TPSA) is 102 Å². The first kappa shape index (κ1) is 29.3. The van der Waals surface area contributed by atoms with Crippen molar-refractivity contribution in [1.29, 1.82) is 0 Å². The third-order valence-corrected chi connectivity index (χ3v) is 6.56. The van der Waals surface area contributed by atoms with Crippen molar-refractivity contribution >= 4 is 18.0 Å². The molecule has 1 N–H and O–H groups in total. The molecule has 1 unspecified atom stereocenters. The molecule has 0 radical (unpaired) electrons. The Morgan fingerprint density at radius 1 is 1.07 bits per heavy atom. The third kappa shape index (κ3) is 7.29. The Morgan fingerprint density at radius 2 is 1.85 bits per heavy atom. The van der Waals surface area contributed by atoms with Crippen LogP contribution < -0.4 is 14.8 Å². The summed E-state index contributed by atoms with van der Waals surface area (Å²) in [4.78, 5) is 26.5. The molecule has 0 spiro atoms. The van der Waals surface area contributed by atoms with Gasteiger partial charge in [0.25, 0.3) is 5.91 Å². The van der Waals surface area contributed by atoms with Crippen molar-refractivity contribution in [3.8, 4) is 11.5 Å². The molecule has 4 rings (SSSR count). The molecule has 2 aliphatic heterocycles. The first-order valence-corrected chi connectivity index (χ1v) is 13.3. The molecule has 2 aliphatic rings. The van der Waals surface area contributed by atoms with E-state index < -0.39 is 30.1 Å². The smallest absolute Gasteiger partial charge is 0.338 e. The van der Waals surface area contributed by atoms with E-state index in [1.807, 2.05) is 51.1 Å². The molecule has 0 saturated carbocycles. The normalized spacial score (nSPS) is 25.1. The Labute approximate surface area is 235 Å². The van der Waals surface area contributed by atoms with Gasteiger partial charge in [-0.1, -0.05) is 36.4 Å². The van der Waals surface area contributed by atoms with Gasteiger partial charge in [-0.25, -0.2) is 4.79 Å². The zero-order valence-electron chi connectivity index (χ0n) is 23.5. The molecule has 214 valence electrons. The standard InChI is InChI=1S/C31H37NO8/c1-20-11-9-15-24(38-30(34)21-12-7-6-8-13-21)28-25(39-31(2,3)40-28)16-10-14-22-17-23(36-5)18-26(37-19-35-4)27(22)29(33)32-20/h6-10,12-15,17-18,20,24-25,28H,11,16,19H2,1-5H3,(H,32,33)/b14-10?,15-9-/t20-,24?,25-,28+/m0/s1. The number of carbonyl (C=O) groups is 2. The van der Waals surface area contributed by atoms with Gasteiger partial charge >= 0.3 is 5.97 Å². The van der Waals surface area contributed by atoms with Gasteiger partial charge in [-0.3, -0.25) is 4.79 Å². The number of carbonyl (C=O) groups excluding carboxylic acids is 2. The summed E-state index contributed by atoms with van der Waals surface area (Å²) >= 11 is 0. The number of methoxy groups -OCH3 is 2. The molecule has 1 saturated heterocycles. The van der Waals surface area contributed by atoms with Crippen molar-refractivity contribution in [2.24, 2.45) is 0 Å². The molecule has 0 bridgehead atoms. The van der Waals surface area contributed by atoms with E-state index in [0.29, 0.717) is 41.0 Å². The van der Waals surface area contributed by atoms with E-state index in [9.17, 15) is 9.59 Å². The Balaban J connectivity index is 1.70. The molecule has 40 heavy (non-hydrogen) atoms. The summed E-state index contributed by atoms with van der Waals surface area (Å²) in [7, 11) is 3.07. The third-order valence-electron chi connectivity index (χ3n) is 6.56. The maximum Gasteiger partial charge on any atom is 0.338 e. The van der Waals surface area contributed by atoms with Crippen LogP contribution in [0.3, 0.4) is 0 Å². The van der Waals surface area contributed by atoms with Gasteiger partial charge in [0.05, 0.1) is 24.3 Å². The van der Waals surface area contributed by atoms with Gasteiger partial charge in [0.15, 0.2) is 12.6 Å². The molecule has 0 aliphatic carbocycles. The van der Waals surface area contributed by atoms with Gasteiger partial charge in [-0.2, -0.15) is 0 Å². The lowest BCUT2D eigenvalue weighted by atomic mass is 10.00. The van der Waals surface area contributed by atoms with Crippen LogP contribution in [-0.2, 0) is 18.9 Å². The van der Waals surface area contributed by atoms with Gasteiger partial charge < -0.3 is 33.7 Å². The van der Waals surface area contributed by atoms with Gasteiger partial charge in [0, 0.05) is 19.2 Å². The van der Waals surface area contributed by atoms with Crippen LogP contribution in [-0.4, -0.2) is 63.0 Å². The van der Waals surface area contributed by atoms with Crippen molar-refractivity contribution in [2.45, 2.75) is 63.8 Å². The van der Waals surface area contributed by atoms with Crippen molar-refractivity contribution in [1.82, 2.24) is 5.32 Å². The van der Waals surface area contributed by atoms with Gasteiger partial charge in [-0.15, -0.1) is 0 Å². The zero-order chi connectivity index (χ0) is 28.7. The molecule has 1 amide bonds. The Kier molecular flexibility index (Phi) is 9.63. The second-order valence-corrected chi connectivity index (χ2v) is 10.2. The maximum atomic E-state index is 13.5. The van der Waals surface area contributed by atoms with E-state index in [1.54, 1.807) is 43.5 Å². The lowest BCUT2D eigenvalue weighted by molar-refractivity contribution is -0.152. The van der Waals surface area contributed by atoms with Crippen LogP contribution in [0.5, 0.6) is 11.5 Å². The molecule has 9 nitrogen and oxygen atoms in total. The lowest BCUT2D eigenvalue weighted by Crippen LogP contribution is -2.38. The highest BCUT2D eigenvalue weighted by molar-refractivity contribution is 6.01. The second kappa shape index (κ2) is 13.1. The minimum Gasteiger partial charge on any atom is -0.497 e. The van der Waals surface area contributed by atoms with Gasteiger partial charge in [0.2, 0.25) is 0 Å². The molecule has 4 atom stereocenters. The summed E-state index contributed by atoms with van der Waals surface area (Å²) in [6, 6.07) is 12.0. The SMILES string of the molecule is COCOc1cc(OC)cc2c1C(=O)N[C@@H](C)C/C=C\C(OC(=O)c1ccccc1)[C@H]1OC(C)(C)O[C@H]1CC=C2. The zero-order valence-corrected chi connectivity index (χ0v) is 23.5. The minimum absolute atomic E-state index is 0.0258. The Hall–Kier alpha value is -3.66. The number of amides is 1. The van der Waals surface area contributed by atoms with Crippen molar-refractivity contribution in [3.63, 3.8) is 0 Å². The fourth-order valence-electron chi connectivity index (χ4n) is 4.75. The molecule has 9 heteroatoms. The van der Waals surface area contributed by atoms with E-state index in [4.69, 9.17) is 28.4 Å². The molecule has 2 aromatic rings. The molecule has 1 fully saturated rings. The quantitative estimate of drug-likeness (QED) is 0.307. The monoisotopic (exact) mass is 551 g/mol. The van der Waals surface area contributed by atoms with Crippen LogP contribution in [0.15, 0.2) is 60.7 Å². The van der Waals surface area contributed by atoms with Crippen LogP contribution in [0.2, 0.25) is 0 Å². The number of esters is 1. The number of rotatable bonds is 6. The number of hydrogen-bond donors (Lipinski definition) is 1. The first-order chi connectivity index (χ1) is 19.2. The molecular weight excluding hydrogens is 514 g/mol. The number of benzene rings is 2. The highest BCUT2D eigenvalue weighted by Crippen LogP contribution is 2.35. The van der Waals surface area contributed by atoms with Gasteiger partial charge in [-0.05, 0) is 63.5 Å². The van der Waals surface area contributed by atoms with E-state index in [2.05, 4.69) is 5.32 Å². The number of nitrogens with one attached hydrogen (secondary N) is 1. The second-order valence-electron chi connectivity index (χ2n) is 10.2. The van der Waals surface area contributed by atoms with Crippen molar-refractivity contribution in [3.05, 3.63) is 77.4 Å². The summed E-state index contributed by atoms with van der Waals surface area (Å²) in [5.74, 6) is -0.745. The average molecular weight is 552 g/mol. The summed E-state index contributed by atoms with van der Waals surface area (Å²) < 4.78 is 34.8. The molecule has 0 aromatic heterocycles. The highest BCUT2D eigenvalue weighted by Gasteiger charge is 2.45. The van der Waals surface area contributed by atoms with Crippen molar-refractivity contribution < 1.29 is 38.0 Å².